The SMILES string of the molecule is CCCCCCCCCCCCCC(=O)N1CCC(Nc2cccc3c2cc(C#CCNc2ccc(S(C)(=O)=O)cc2OC)n3CC(F)(F)F)CC1. The zero-order valence-electron chi connectivity index (χ0n) is 30.9. The van der Waals surface area contributed by atoms with Gasteiger partial charge >= 0.3 is 6.18 Å². The van der Waals surface area contributed by atoms with E-state index in [1.807, 2.05) is 11.0 Å². The van der Waals surface area contributed by atoms with Gasteiger partial charge in [0.15, 0.2) is 9.84 Å². The summed E-state index contributed by atoms with van der Waals surface area (Å²) in [5.41, 5.74) is 1.90. The van der Waals surface area contributed by atoms with Crippen molar-refractivity contribution in [3.8, 4) is 17.6 Å². The van der Waals surface area contributed by atoms with Gasteiger partial charge in [0.25, 0.3) is 0 Å². The summed E-state index contributed by atoms with van der Waals surface area (Å²) in [6.45, 7) is 2.46. The van der Waals surface area contributed by atoms with Crippen LogP contribution < -0.4 is 15.4 Å². The number of carbonyl (C=O) groups excluding carboxylic acids is 1. The molecule has 0 unspecified atom stereocenters. The number of ether oxygens (including phenoxy) is 1. The van der Waals surface area contributed by atoms with Crippen molar-refractivity contribution in [2.24, 2.45) is 0 Å². The van der Waals surface area contributed by atoms with Crippen molar-refractivity contribution in [3.05, 3.63) is 48.2 Å². The lowest BCUT2D eigenvalue weighted by molar-refractivity contribution is -0.140. The van der Waals surface area contributed by atoms with Gasteiger partial charge in [-0.25, -0.2) is 8.42 Å². The van der Waals surface area contributed by atoms with Crippen molar-refractivity contribution in [2.45, 2.75) is 120 Å². The summed E-state index contributed by atoms with van der Waals surface area (Å²) in [4.78, 5) is 14.9. The number of rotatable bonds is 19. The van der Waals surface area contributed by atoms with Gasteiger partial charge in [-0.15, -0.1) is 0 Å². The van der Waals surface area contributed by atoms with Crippen molar-refractivity contribution < 1.29 is 31.1 Å². The molecule has 0 aliphatic carbocycles. The van der Waals surface area contributed by atoms with E-state index in [1.165, 1.54) is 81.6 Å². The first-order valence-electron chi connectivity index (χ1n) is 18.7. The Balaban J connectivity index is 1.31. The summed E-state index contributed by atoms with van der Waals surface area (Å²) in [7, 11) is -2.01. The molecule has 0 atom stereocenters. The van der Waals surface area contributed by atoms with E-state index in [1.54, 1.807) is 24.3 Å². The van der Waals surface area contributed by atoms with Gasteiger partial charge in [0.2, 0.25) is 5.91 Å². The number of aromatic nitrogens is 1. The topological polar surface area (TPSA) is 92.7 Å². The smallest absolute Gasteiger partial charge is 0.406 e. The number of anilines is 2. The van der Waals surface area contributed by atoms with Crippen molar-refractivity contribution in [3.63, 3.8) is 0 Å². The highest BCUT2D eigenvalue weighted by Gasteiger charge is 2.30. The molecule has 1 saturated heterocycles. The number of methoxy groups -OCH3 is 1. The second-order valence-corrected chi connectivity index (χ2v) is 15.9. The maximum absolute atomic E-state index is 13.7. The van der Waals surface area contributed by atoms with E-state index < -0.39 is 22.6 Å². The number of hydrogen-bond acceptors (Lipinski definition) is 6. The number of piperidine rings is 1. The molecule has 1 aromatic heterocycles. The first-order valence-corrected chi connectivity index (χ1v) is 20.6. The molecule has 1 fully saturated rings. The van der Waals surface area contributed by atoms with Gasteiger partial charge in [0.1, 0.15) is 12.3 Å². The lowest BCUT2D eigenvalue weighted by Gasteiger charge is -2.33. The van der Waals surface area contributed by atoms with Crippen LogP contribution >= 0.6 is 0 Å². The third-order valence-corrected chi connectivity index (χ3v) is 10.8. The summed E-state index contributed by atoms with van der Waals surface area (Å²) in [5.74, 6) is 6.33. The summed E-state index contributed by atoms with van der Waals surface area (Å²) >= 11 is 0. The van der Waals surface area contributed by atoms with Crippen LogP contribution in [-0.2, 0) is 21.2 Å². The largest absolute Gasteiger partial charge is 0.495 e. The van der Waals surface area contributed by atoms with Crippen molar-refractivity contribution in [1.82, 2.24) is 9.47 Å². The number of benzene rings is 2. The molecule has 0 spiro atoms. The molecule has 3 aromatic rings. The molecule has 2 aromatic carbocycles. The Bertz CT molecular complexity index is 1770. The highest BCUT2D eigenvalue weighted by atomic mass is 32.2. The van der Waals surface area contributed by atoms with Crippen LogP contribution in [0.3, 0.4) is 0 Å². The molecule has 2 N–H and O–H groups in total. The zero-order valence-corrected chi connectivity index (χ0v) is 31.7. The molecule has 2 heterocycles. The number of alkyl halides is 3. The van der Waals surface area contributed by atoms with Crippen LogP contribution in [0.2, 0.25) is 0 Å². The van der Waals surface area contributed by atoms with Crippen molar-refractivity contribution >= 4 is 38.0 Å². The van der Waals surface area contributed by atoms with Crippen LogP contribution in [0.25, 0.3) is 10.9 Å². The molecule has 52 heavy (non-hydrogen) atoms. The van der Waals surface area contributed by atoms with Crippen molar-refractivity contribution in [1.29, 1.82) is 0 Å². The van der Waals surface area contributed by atoms with Gasteiger partial charge in [-0.05, 0) is 55.5 Å². The van der Waals surface area contributed by atoms with Crippen LogP contribution in [0.15, 0.2) is 47.4 Å². The fourth-order valence-electron chi connectivity index (χ4n) is 6.78. The third-order valence-electron chi connectivity index (χ3n) is 9.67. The number of fused-ring (bicyclic) bond motifs is 1. The number of nitrogens with one attached hydrogen (secondary N) is 2. The Morgan fingerprint density at radius 2 is 1.58 bits per heavy atom. The minimum absolute atomic E-state index is 0.0871. The minimum atomic E-state index is -4.45. The maximum atomic E-state index is 13.7. The van der Waals surface area contributed by atoms with E-state index >= 15 is 0 Å². The molecular formula is C40H55F3N4O4S. The molecule has 1 aliphatic heterocycles. The van der Waals surface area contributed by atoms with E-state index in [-0.39, 0.29) is 29.1 Å². The summed E-state index contributed by atoms with van der Waals surface area (Å²) in [6, 6.07) is 11.5. The molecule has 1 aliphatic rings. The van der Waals surface area contributed by atoms with Gasteiger partial charge in [0, 0.05) is 48.9 Å². The van der Waals surface area contributed by atoms with E-state index in [0.717, 1.165) is 37.6 Å². The van der Waals surface area contributed by atoms with Crippen LogP contribution in [0, 0.1) is 11.8 Å². The molecule has 8 nitrogen and oxygen atoms in total. The van der Waals surface area contributed by atoms with E-state index in [2.05, 4.69) is 29.4 Å². The molecule has 286 valence electrons. The summed E-state index contributed by atoms with van der Waals surface area (Å²) < 4.78 is 71.5. The fourth-order valence-corrected chi connectivity index (χ4v) is 7.41. The van der Waals surface area contributed by atoms with E-state index in [9.17, 15) is 26.4 Å². The quantitative estimate of drug-likeness (QED) is 0.0940. The second kappa shape index (κ2) is 19.8. The predicted molar refractivity (Wildman–Crippen MR) is 204 cm³/mol. The Kier molecular flexibility index (Phi) is 15.6. The minimum Gasteiger partial charge on any atom is -0.495 e. The first-order chi connectivity index (χ1) is 24.9. The van der Waals surface area contributed by atoms with Gasteiger partial charge in [-0.2, -0.15) is 13.2 Å². The molecule has 0 saturated carbocycles. The van der Waals surface area contributed by atoms with Crippen molar-refractivity contribution in [2.75, 3.05) is 43.6 Å². The number of amides is 1. The van der Waals surface area contributed by atoms with Gasteiger partial charge < -0.3 is 24.8 Å². The fraction of sp³-hybridized carbons (Fsp3) is 0.575. The average Bonchev–Trinajstić information content (AvgIpc) is 3.45. The number of halogens is 3. The third kappa shape index (κ3) is 12.7. The normalized spacial score (nSPS) is 13.9. The molecular weight excluding hydrogens is 690 g/mol. The molecule has 1 amide bonds. The highest BCUT2D eigenvalue weighted by Crippen LogP contribution is 2.32. The second-order valence-electron chi connectivity index (χ2n) is 13.8. The molecule has 12 heteroatoms. The Labute approximate surface area is 307 Å². The van der Waals surface area contributed by atoms with Gasteiger partial charge in [-0.3, -0.25) is 4.79 Å². The number of carbonyl (C=O) groups is 1. The number of hydrogen-bond donors (Lipinski definition) is 2. The van der Waals surface area contributed by atoms with Crippen LogP contribution in [0.1, 0.15) is 103 Å². The average molecular weight is 745 g/mol. The van der Waals surface area contributed by atoms with Crippen LogP contribution in [0.5, 0.6) is 5.75 Å². The Morgan fingerprint density at radius 1 is 0.923 bits per heavy atom. The monoisotopic (exact) mass is 744 g/mol. The van der Waals surface area contributed by atoms with Gasteiger partial charge in [-0.1, -0.05) is 83.1 Å². The number of likely N-dealkylation sites (tertiary alicyclic amines) is 1. The van der Waals surface area contributed by atoms with E-state index in [0.29, 0.717) is 41.9 Å². The summed E-state index contributed by atoms with van der Waals surface area (Å²) in [6.07, 6.45) is 12.5. The number of nitrogens with zero attached hydrogens (tertiary/aromatic N) is 2. The lowest BCUT2D eigenvalue weighted by Crippen LogP contribution is -2.42. The maximum Gasteiger partial charge on any atom is 0.406 e. The molecule has 0 radical (unpaired) electrons. The number of unbranched alkanes of at least 4 members (excludes halogenated alkanes) is 10. The van der Waals surface area contributed by atoms with E-state index in [4.69, 9.17) is 4.74 Å². The zero-order chi connectivity index (χ0) is 37.6. The number of sulfone groups is 1. The Morgan fingerprint density at radius 3 is 2.19 bits per heavy atom. The lowest BCUT2D eigenvalue weighted by atomic mass is 10.0. The predicted octanol–water partition coefficient (Wildman–Crippen LogP) is 9.18. The molecule has 4 rings (SSSR count). The molecule has 0 bridgehead atoms. The van der Waals surface area contributed by atoms with Gasteiger partial charge in [0.05, 0.1) is 35.4 Å². The summed E-state index contributed by atoms with van der Waals surface area (Å²) in [5, 5.41) is 7.25. The first kappa shape index (κ1) is 40.9. The Hall–Kier alpha value is -3.85. The highest BCUT2D eigenvalue weighted by molar-refractivity contribution is 7.90. The van der Waals surface area contributed by atoms with Crippen LogP contribution in [-0.4, -0.2) is 69.0 Å². The van der Waals surface area contributed by atoms with Crippen LogP contribution in [0.4, 0.5) is 24.5 Å². The standard InChI is InChI=1S/C40H55F3N4O4S/c1-4-5-6-7-8-9-10-11-12-13-14-20-39(48)46-26-23-31(24-27-46)45-35-18-15-19-37-34(35)28-32(47(37)30-40(41,42)43)17-16-25-44-36-22-21-33(52(3,49)50)29-38(36)51-2/h15,18-19,21-22,28-29,31,44-45H,4-14,20,23-27,30H2,1-3H3.